The first-order chi connectivity index (χ1) is 14.6. The minimum Gasteiger partial charge on any atom is -0.369 e. The van der Waals surface area contributed by atoms with E-state index in [4.69, 9.17) is 5.73 Å². The molecule has 2 amide bonds. The summed E-state index contributed by atoms with van der Waals surface area (Å²) >= 11 is 0. The molecule has 0 saturated heterocycles. The molecule has 8 nitrogen and oxygen atoms in total. The number of rotatable bonds is 3. The third kappa shape index (κ3) is 4.10. The molecular formula is C22H27N5O3S. The predicted molar refractivity (Wildman–Crippen MR) is 120 cm³/mol. The van der Waals surface area contributed by atoms with Gasteiger partial charge in [-0.3, -0.25) is 4.90 Å². The number of anilines is 1. The van der Waals surface area contributed by atoms with E-state index in [0.29, 0.717) is 13.0 Å². The monoisotopic (exact) mass is 441 g/mol. The van der Waals surface area contributed by atoms with Crippen LogP contribution >= 0.6 is 0 Å². The number of nitrogens with one attached hydrogen (secondary N) is 1. The highest BCUT2D eigenvalue weighted by molar-refractivity contribution is 7.89. The number of guanidine groups is 1. The number of sulfonamides is 1. The molecule has 1 atom stereocenters. The van der Waals surface area contributed by atoms with E-state index in [1.807, 2.05) is 51.1 Å². The van der Waals surface area contributed by atoms with Crippen LogP contribution in [0.3, 0.4) is 0 Å². The van der Waals surface area contributed by atoms with E-state index in [-0.39, 0.29) is 35.0 Å². The SMILES string of the molecule is CC(C)(C)NC(=O)N1CCc2cc(S(=O)(=O)N3C[C@H](c4ccccc4)N=C3N)ccc21. The van der Waals surface area contributed by atoms with Crippen LogP contribution < -0.4 is 16.0 Å². The van der Waals surface area contributed by atoms with Crippen LogP contribution in [0, 0.1) is 0 Å². The molecule has 0 saturated carbocycles. The molecule has 3 N–H and O–H groups in total. The molecule has 0 spiro atoms. The lowest BCUT2D eigenvalue weighted by Crippen LogP contribution is -2.48. The summed E-state index contributed by atoms with van der Waals surface area (Å²) in [6.07, 6.45) is 0.590. The molecule has 0 bridgehead atoms. The molecule has 9 heteroatoms. The lowest BCUT2D eigenvalue weighted by Gasteiger charge is -2.26. The standard InChI is InChI=1S/C22H27N5O3S/c1-22(2,3)25-21(28)26-12-11-16-13-17(9-10-19(16)26)31(29,30)27-14-18(24-20(27)23)15-7-5-4-6-8-15/h4-10,13,18H,11-12,14H2,1-3H3,(H2,23,24)(H,25,28)/t18-/m1/s1. The number of fused-ring (bicyclic) bond motifs is 1. The fraction of sp³-hybridized carbons (Fsp3) is 0.364. The quantitative estimate of drug-likeness (QED) is 0.763. The van der Waals surface area contributed by atoms with Crippen molar-refractivity contribution in [3.63, 3.8) is 0 Å². The molecule has 0 aromatic heterocycles. The summed E-state index contributed by atoms with van der Waals surface area (Å²) in [5.41, 5.74) is 8.10. The maximum atomic E-state index is 13.3. The number of amides is 2. The lowest BCUT2D eigenvalue weighted by molar-refractivity contribution is 0.238. The molecule has 2 aliphatic rings. The van der Waals surface area contributed by atoms with Gasteiger partial charge in [-0.1, -0.05) is 30.3 Å². The van der Waals surface area contributed by atoms with Gasteiger partial charge in [0.2, 0.25) is 5.96 Å². The molecule has 31 heavy (non-hydrogen) atoms. The van der Waals surface area contributed by atoms with Gasteiger partial charge in [0.15, 0.2) is 0 Å². The average Bonchev–Trinajstić information content (AvgIpc) is 3.31. The van der Waals surface area contributed by atoms with Crippen LogP contribution in [0.25, 0.3) is 0 Å². The summed E-state index contributed by atoms with van der Waals surface area (Å²) in [4.78, 5) is 18.7. The first kappa shape index (κ1) is 21.2. The Balaban J connectivity index is 1.57. The molecule has 2 heterocycles. The fourth-order valence-electron chi connectivity index (χ4n) is 3.86. The Hall–Kier alpha value is -3.07. The summed E-state index contributed by atoms with van der Waals surface area (Å²) in [6.45, 7) is 6.42. The van der Waals surface area contributed by atoms with Gasteiger partial charge in [-0.25, -0.2) is 22.5 Å². The van der Waals surface area contributed by atoms with Crippen molar-refractivity contribution < 1.29 is 13.2 Å². The second-order valence-corrected chi connectivity index (χ2v) is 10.7. The normalized spacial score (nSPS) is 18.7. The van der Waals surface area contributed by atoms with E-state index in [0.717, 1.165) is 21.1 Å². The summed E-state index contributed by atoms with van der Waals surface area (Å²) in [6, 6.07) is 13.8. The average molecular weight is 442 g/mol. The zero-order valence-electron chi connectivity index (χ0n) is 17.9. The highest BCUT2D eigenvalue weighted by atomic mass is 32.2. The Morgan fingerprint density at radius 2 is 1.87 bits per heavy atom. The number of nitrogens with zero attached hydrogens (tertiary/aromatic N) is 3. The molecule has 164 valence electrons. The second-order valence-electron chi connectivity index (χ2n) is 8.82. The smallest absolute Gasteiger partial charge is 0.322 e. The van der Waals surface area contributed by atoms with Gasteiger partial charge in [-0.15, -0.1) is 0 Å². The molecule has 2 aromatic rings. The van der Waals surface area contributed by atoms with E-state index in [9.17, 15) is 13.2 Å². The van der Waals surface area contributed by atoms with Crippen LogP contribution in [-0.4, -0.2) is 43.3 Å². The van der Waals surface area contributed by atoms with Gasteiger partial charge in [-0.2, -0.15) is 0 Å². The molecule has 0 unspecified atom stereocenters. The third-order valence-corrected chi connectivity index (χ3v) is 7.09. The fourth-order valence-corrected chi connectivity index (χ4v) is 5.27. The van der Waals surface area contributed by atoms with Gasteiger partial charge in [0.25, 0.3) is 10.0 Å². The molecule has 0 fully saturated rings. The molecule has 0 radical (unpaired) electrons. The van der Waals surface area contributed by atoms with Crippen LogP contribution in [-0.2, 0) is 16.4 Å². The minimum atomic E-state index is -3.86. The maximum Gasteiger partial charge on any atom is 0.322 e. The van der Waals surface area contributed by atoms with Crippen molar-refractivity contribution in [2.45, 2.75) is 43.7 Å². The van der Waals surface area contributed by atoms with Crippen LogP contribution in [0.1, 0.15) is 37.9 Å². The Morgan fingerprint density at radius 1 is 1.16 bits per heavy atom. The van der Waals surface area contributed by atoms with Crippen molar-refractivity contribution in [3.8, 4) is 0 Å². The number of benzene rings is 2. The first-order valence-electron chi connectivity index (χ1n) is 10.2. The number of aliphatic imine (C=N–C) groups is 1. The number of carbonyl (C=O) groups is 1. The lowest BCUT2D eigenvalue weighted by atomic mass is 10.1. The number of nitrogens with two attached hydrogens (primary N) is 1. The summed E-state index contributed by atoms with van der Waals surface area (Å²) in [5, 5.41) is 2.95. The second kappa shape index (κ2) is 7.56. The van der Waals surface area contributed by atoms with Crippen molar-refractivity contribution in [3.05, 3.63) is 59.7 Å². The third-order valence-electron chi connectivity index (χ3n) is 5.33. The minimum absolute atomic E-state index is 0.0134. The highest BCUT2D eigenvalue weighted by Gasteiger charge is 2.36. The van der Waals surface area contributed by atoms with E-state index >= 15 is 0 Å². The van der Waals surface area contributed by atoms with Gasteiger partial charge in [0.1, 0.15) is 0 Å². The molecule has 4 rings (SSSR count). The number of hydrogen-bond donors (Lipinski definition) is 2. The van der Waals surface area contributed by atoms with Gasteiger partial charge < -0.3 is 11.1 Å². The zero-order chi connectivity index (χ0) is 22.4. The van der Waals surface area contributed by atoms with E-state index in [1.54, 1.807) is 17.0 Å². The summed E-state index contributed by atoms with van der Waals surface area (Å²) in [7, 11) is -3.86. The first-order valence-corrected chi connectivity index (χ1v) is 11.6. The molecule has 0 aliphatic carbocycles. The van der Waals surface area contributed by atoms with E-state index in [1.165, 1.54) is 6.07 Å². The largest absolute Gasteiger partial charge is 0.369 e. The maximum absolute atomic E-state index is 13.3. The number of carbonyl (C=O) groups excluding carboxylic acids is 1. The van der Waals surface area contributed by atoms with E-state index in [2.05, 4.69) is 10.3 Å². The molecule has 2 aliphatic heterocycles. The molecular weight excluding hydrogens is 414 g/mol. The van der Waals surface area contributed by atoms with Gasteiger partial charge in [0.05, 0.1) is 17.5 Å². The Labute approximate surface area is 182 Å². The Kier molecular flexibility index (Phi) is 5.17. The topological polar surface area (TPSA) is 108 Å². The molecule has 2 aromatic carbocycles. The summed E-state index contributed by atoms with van der Waals surface area (Å²) < 4.78 is 27.8. The Morgan fingerprint density at radius 3 is 2.55 bits per heavy atom. The van der Waals surface area contributed by atoms with Gasteiger partial charge >= 0.3 is 6.03 Å². The zero-order valence-corrected chi connectivity index (χ0v) is 18.7. The summed E-state index contributed by atoms with van der Waals surface area (Å²) in [5.74, 6) is -0.0134. The van der Waals surface area contributed by atoms with Crippen molar-refractivity contribution in [2.75, 3.05) is 18.0 Å². The van der Waals surface area contributed by atoms with Gasteiger partial charge in [0, 0.05) is 17.8 Å². The van der Waals surface area contributed by atoms with Crippen molar-refractivity contribution in [1.82, 2.24) is 9.62 Å². The van der Waals surface area contributed by atoms with Gasteiger partial charge in [-0.05, 0) is 56.5 Å². The highest BCUT2D eigenvalue weighted by Crippen LogP contribution is 2.33. The van der Waals surface area contributed by atoms with Crippen molar-refractivity contribution in [1.29, 1.82) is 0 Å². The van der Waals surface area contributed by atoms with Crippen LogP contribution in [0.4, 0.5) is 10.5 Å². The van der Waals surface area contributed by atoms with Crippen molar-refractivity contribution in [2.24, 2.45) is 10.7 Å². The number of hydrogen-bond acceptors (Lipinski definition) is 5. The van der Waals surface area contributed by atoms with E-state index < -0.39 is 10.0 Å². The van der Waals surface area contributed by atoms with Crippen LogP contribution in [0.15, 0.2) is 58.4 Å². The number of urea groups is 1. The van der Waals surface area contributed by atoms with Crippen molar-refractivity contribution >= 4 is 27.7 Å². The van der Waals surface area contributed by atoms with Crippen LogP contribution in [0.5, 0.6) is 0 Å². The predicted octanol–water partition coefficient (Wildman–Crippen LogP) is 2.62. The Bertz CT molecular complexity index is 1140. The van der Waals surface area contributed by atoms with Crippen LogP contribution in [0.2, 0.25) is 0 Å².